The fraction of sp³-hybridized carbons (Fsp3) is 0.273. The van der Waals surface area contributed by atoms with Crippen molar-refractivity contribution in [3.63, 3.8) is 0 Å². The van der Waals surface area contributed by atoms with Gasteiger partial charge in [-0.1, -0.05) is 23.9 Å². The molecule has 0 bridgehead atoms. The second-order valence-corrected chi connectivity index (χ2v) is 7.60. The number of nitrogens with zero attached hydrogens (tertiary/aromatic N) is 5. The molecule has 0 radical (unpaired) electrons. The lowest BCUT2D eigenvalue weighted by atomic mass is 10.2. The van der Waals surface area contributed by atoms with E-state index in [0.717, 1.165) is 11.8 Å². The highest BCUT2D eigenvalue weighted by Crippen LogP contribution is 2.23. The second-order valence-electron chi connectivity index (χ2n) is 6.66. The molecule has 1 heterocycles. The summed E-state index contributed by atoms with van der Waals surface area (Å²) < 4.78 is 25.7. The quantitative estimate of drug-likeness (QED) is 0.335. The third-order valence-corrected chi connectivity index (χ3v) is 5.39. The van der Waals surface area contributed by atoms with Crippen LogP contribution in [-0.4, -0.2) is 39.7 Å². The van der Waals surface area contributed by atoms with Crippen molar-refractivity contribution >= 4 is 23.4 Å². The summed E-state index contributed by atoms with van der Waals surface area (Å²) in [6, 6.07) is 15.2. The van der Waals surface area contributed by atoms with Crippen LogP contribution in [0.15, 0.2) is 53.7 Å². The molecule has 0 saturated heterocycles. The van der Waals surface area contributed by atoms with Crippen LogP contribution in [0.1, 0.15) is 19.2 Å². The predicted octanol–water partition coefficient (Wildman–Crippen LogP) is 3.15. The van der Waals surface area contributed by atoms with Gasteiger partial charge in [-0.15, -0.1) is 10.2 Å². The maximum Gasteiger partial charge on any atom is 0.237 e. The molecule has 0 aliphatic heterocycles. The molecule has 0 aliphatic carbocycles. The number of amides is 1. The minimum atomic E-state index is -0.493. The number of carbonyl (C=O) groups excluding carboxylic acids is 1. The molecule has 0 fully saturated rings. The molecule has 9 nitrogen and oxygen atoms in total. The Morgan fingerprint density at radius 3 is 2.67 bits per heavy atom. The van der Waals surface area contributed by atoms with Crippen molar-refractivity contribution in [1.82, 2.24) is 14.9 Å². The van der Waals surface area contributed by atoms with E-state index < -0.39 is 5.82 Å². The summed E-state index contributed by atoms with van der Waals surface area (Å²) in [4.78, 5) is 14.4. The van der Waals surface area contributed by atoms with Crippen molar-refractivity contribution in [3.05, 3.63) is 60.2 Å². The molecule has 11 heteroatoms. The number of nitriles is 1. The molecule has 3 rings (SSSR count). The van der Waals surface area contributed by atoms with Gasteiger partial charge in [0.2, 0.25) is 11.1 Å². The summed E-state index contributed by atoms with van der Waals surface area (Å²) in [5.41, 5.74) is 0.660. The first kappa shape index (κ1) is 23.9. The molecular formula is C22H23FN6O3S. The van der Waals surface area contributed by atoms with Crippen molar-refractivity contribution in [2.45, 2.75) is 25.1 Å². The van der Waals surface area contributed by atoms with Crippen molar-refractivity contribution in [2.24, 2.45) is 0 Å². The van der Waals surface area contributed by atoms with Crippen molar-refractivity contribution in [1.29, 1.82) is 5.26 Å². The maximum absolute atomic E-state index is 13.7. The fourth-order valence-corrected chi connectivity index (χ4v) is 3.61. The summed E-state index contributed by atoms with van der Waals surface area (Å²) in [5, 5.41) is 17.2. The Balaban J connectivity index is 1.62. The van der Waals surface area contributed by atoms with Crippen LogP contribution in [0.2, 0.25) is 0 Å². The third kappa shape index (κ3) is 6.36. The Labute approximate surface area is 194 Å². The Bertz CT molecular complexity index is 1120. The molecule has 33 heavy (non-hydrogen) atoms. The number of hydrogen-bond donors (Lipinski definition) is 1. The van der Waals surface area contributed by atoms with Gasteiger partial charge in [-0.05, 0) is 43.3 Å². The molecule has 2 aromatic carbocycles. The number of carbonyl (C=O) groups is 1. The van der Waals surface area contributed by atoms with Crippen LogP contribution in [0.25, 0.3) is 0 Å². The minimum absolute atomic E-state index is 0.0299. The van der Waals surface area contributed by atoms with Crippen LogP contribution in [0.5, 0.6) is 11.5 Å². The van der Waals surface area contributed by atoms with Crippen LogP contribution in [0, 0.1) is 17.1 Å². The van der Waals surface area contributed by atoms with E-state index >= 15 is 0 Å². The van der Waals surface area contributed by atoms with E-state index in [9.17, 15) is 9.18 Å². The minimum Gasteiger partial charge on any atom is -0.494 e. The zero-order valence-electron chi connectivity index (χ0n) is 18.0. The third-order valence-electron chi connectivity index (χ3n) is 4.46. The highest BCUT2D eigenvalue weighted by molar-refractivity contribution is 7.99. The first-order valence-corrected chi connectivity index (χ1v) is 11.1. The van der Waals surface area contributed by atoms with E-state index in [1.165, 1.54) is 21.7 Å². The number of aromatic nitrogens is 3. The molecule has 0 spiro atoms. The number of halogens is 1. The number of para-hydroxylation sites is 1. The van der Waals surface area contributed by atoms with E-state index in [2.05, 4.69) is 16.3 Å². The average molecular weight is 471 g/mol. The first-order valence-electron chi connectivity index (χ1n) is 10.1. The van der Waals surface area contributed by atoms with Gasteiger partial charge >= 0.3 is 0 Å². The molecule has 0 atom stereocenters. The van der Waals surface area contributed by atoms with Crippen LogP contribution in [-0.2, 0) is 11.4 Å². The van der Waals surface area contributed by atoms with Gasteiger partial charge in [-0.2, -0.15) is 5.26 Å². The lowest BCUT2D eigenvalue weighted by Crippen LogP contribution is -2.33. The number of nitrogen functional groups attached to an aromatic ring is 1. The second kappa shape index (κ2) is 11.7. The maximum atomic E-state index is 13.7. The lowest BCUT2D eigenvalue weighted by Gasteiger charge is -2.22. The van der Waals surface area contributed by atoms with E-state index in [0.29, 0.717) is 23.2 Å². The van der Waals surface area contributed by atoms with Gasteiger partial charge in [0.1, 0.15) is 12.4 Å². The fourth-order valence-electron chi connectivity index (χ4n) is 2.86. The number of ether oxygens (including phenoxy) is 2. The summed E-state index contributed by atoms with van der Waals surface area (Å²) >= 11 is 1.10. The molecule has 0 aliphatic rings. The molecule has 172 valence electrons. The van der Waals surface area contributed by atoms with Crippen LogP contribution >= 0.6 is 11.8 Å². The SMILES string of the molecule is CCOc1ccc(N(CCC#N)C(=O)CSc2nnc(COc3ccccc3F)n2N)cc1. The summed E-state index contributed by atoms with van der Waals surface area (Å²) in [7, 11) is 0. The van der Waals surface area contributed by atoms with Crippen LogP contribution in [0.4, 0.5) is 10.1 Å². The largest absolute Gasteiger partial charge is 0.494 e. The monoisotopic (exact) mass is 470 g/mol. The normalized spacial score (nSPS) is 10.5. The van der Waals surface area contributed by atoms with E-state index in [-0.39, 0.29) is 42.8 Å². The summed E-state index contributed by atoms with van der Waals surface area (Å²) in [5.74, 6) is 6.39. The number of thioether (sulfide) groups is 1. The van der Waals surface area contributed by atoms with Crippen molar-refractivity contribution in [3.8, 4) is 17.6 Å². The summed E-state index contributed by atoms with van der Waals surface area (Å²) in [6.45, 7) is 2.60. The molecule has 1 aromatic heterocycles. The number of anilines is 1. The Morgan fingerprint density at radius 1 is 1.21 bits per heavy atom. The molecule has 1 amide bonds. The van der Waals surface area contributed by atoms with Gasteiger partial charge in [-0.25, -0.2) is 9.07 Å². The van der Waals surface area contributed by atoms with E-state index in [4.69, 9.17) is 20.6 Å². The van der Waals surface area contributed by atoms with Crippen molar-refractivity contribution < 1.29 is 18.7 Å². The Kier molecular flexibility index (Phi) is 8.49. The van der Waals surface area contributed by atoms with Gasteiger partial charge in [0, 0.05) is 12.2 Å². The van der Waals surface area contributed by atoms with Gasteiger partial charge in [-0.3, -0.25) is 4.79 Å². The number of rotatable bonds is 11. The first-order chi connectivity index (χ1) is 16.0. The average Bonchev–Trinajstić information content (AvgIpc) is 3.18. The Hall–Kier alpha value is -3.78. The highest BCUT2D eigenvalue weighted by Gasteiger charge is 2.19. The van der Waals surface area contributed by atoms with Crippen LogP contribution < -0.4 is 20.2 Å². The standard InChI is InChI=1S/C22H23FN6O3S/c1-2-31-17-10-8-16(9-11-17)28(13-5-12-24)21(30)15-33-22-27-26-20(29(22)25)14-32-19-7-4-3-6-18(19)23/h3-4,6-11H,2,5,13-15,25H2,1H3. The van der Waals surface area contributed by atoms with Gasteiger partial charge in [0.15, 0.2) is 17.4 Å². The van der Waals surface area contributed by atoms with Gasteiger partial charge in [0.05, 0.1) is 24.8 Å². The highest BCUT2D eigenvalue weighted by atomic mass is 32.2. The van der Waals surface area contributed by atoms with Gasteiger partial charge in [0.25, 0.3) is 0 Å². The van der Waals surface area contributed by atoms with Crippen LogP contribution in [0.3, 0.4) is 0 Å². The predicted molar refractivity (Wildman–Crippen MR) is 122 cm³/mol. The zero-order chi connectivity index (χ0) is 23.6. The number of benzene rings is 2. The van der Waals surface area contributed by atoms with E-state index in [1.54, 1.807) is 36.4 Å². The Morgan fingerprint density at radius 2 is 1.97 bits per heavy atom. The molecule has 3 aromatic rings. The smallest absolute Gasteiger partial charge is 0.237 e. The number of hydrogen-bond acceptors (Lipinski definition) is 8. The van der Waals surface area contributed by atoms with E-state index in [1.807, 2.05) is 6.92 Å². The van der Waals surface area contributed by atoms with Gasteiger partial charge < -0.3 is 20.2 Å². The molecule has 0 saturated carbocycles. The molecule has 2 N–H and O–H groups in total. The van der Waals surface area contributed by atoms with Crippen molar-refractivity contribution in [2.75, 3.05) is 29.6 Å². The molecule has 0 unspecified atom stereocenters. The summed E-state index contributed by atoms with van der Waals surface area (Å²) in [6.07, 6.45) is 0.189. The molecular weight excluding hydrogens is 447 g/mol. The topological polar surface area (TPSA) is 119 Å². The zero-order valence-corrected chi connectivity index (χ0v) is 18.8. The lowest BCUT2D eigenvalue weighted by molar-refractivity contribution is -0.116. The number of nitrogens with two attached hydrogens (primary N) is 1.